The van der Waals surface area contributed by atoms with E-state index in [1.165, 1.54) is 12.8 Å². The van der Waals surface area contributed by atoms with Crippen LogP contribution in [0.2, 0.25) is 0 Å². The summed E-state index contributed by atoms with van der Waals surface area (Å²) in [5.41, 5.74) is 1.54. The van der Waals surface area contributed by atoms with Crippen molar-refractivity contribution >= 4 is 27.7 Å². The molecule has 7 heteroatoms. The number of rotatable bonds is 8. The van der Waals surface area contributed by atoms with Gasteiger partial charge in [-0.15, -0.1) is 0 Å². The molecule has 0 bridgehead atoms. The quantitative estimate of drug-likeness (QED) is 0.657. The van der Waals surface area contributed by atoms with Crippen LogP contribution in [0.1, 0.15) is 42.1 Å². The van der Waals surface area contributed by atoms with Crippen LogP contribution in [-0.4, -0.2) is 37.7 Å². The van der Waals surface area contributed by atoms with Crippen molar-refractivity contribution in [2.45, 2.75) is 32.7 Å². The number of benzene rings is 1. The third-order valence-corrected chi connectivity index (χ3v) is 5.22. The Balaban J connectivity index is 1.68. The first-order valence-electron chi connectivity index (χ1n) is 9.60. The third-order valence-electron chi connectivity index (χ3n) is 4.64. The second kappa shape index (κ2) is 9.78. The molecule has 1 N–H and O–H groups in total. The molecule has 0 spiro atoms. The molecule has 1 aliphatic rings. The minimum Gasteiger partial charge on any atom is -0.493 e. The summed E-state index contributed by atoms with van der Waals surface area (Å²) in [6, 6.07) is 7.43. The Hall–Kier alpha value is -2.28. The van der Waals surface area contributed by atoms with E-state index in [0.29, 0.717) is 34.7 Å². The number of nitrogens with one attached hydrogen (secondary N) is 1. The van der Waals surface area contributed by atoms with E-state index in [0.717, 1.165) is 30.9 Å². The lowest BCUT2D eigenvalue weighted by Crippen LogP contribution is -2.24. The topological polar surface area (TPSA) is 63.7 Å². The van der Waals surface area contributed by atoms with E-state index in [1.54, 1.807) is 25.4 Å². The number of pyridine rings is 1. The van der Waals surface area contributed by atoms with Gasteiger partial charge in [-0.1, -0.05) is 6.92 Å². The zero-order chi connectivity index (χ0) is 19.9. The van der Waals surface area contributed by atoms with Gasteiger partial charge in [0.15, 0.2) is 11.5 Å². The van der Waals surface area contributed by atoms with Crippen LogP contribution >= 0.6 is 15.9 Å². The van der Waals surface area contributed by atoms with E-state index >= 15 is 0 Å². The number of methoxy groups -OCH3 is 1. The van der Waals surface area contributed by atoms with E-state index in [9.17, 15) is 4.79 Å². The molecule has 0 saturated carbocycles. The van der Waals surface area contributed by atoms with Crippen LogP contribution in [0, 0.1) is 0 Å². The highest BCUT2D eigenvalue weighted by Crippen LogP contribution is 2.36. The number of anilines is 1. The molecule has 0 radical (unpaired) electrons. The summed E-state index contributed by atoms with van der Waals surface area (Å²) in [7, 11) is 1.57. The van der Waals surface area contributed by atoms with Crippen molar-refractivity contribution in [1.29, 1.82) is 0 Å². The van der Waals surface area contributed by atoms with Crippen molar-refractivity contribution in [3.63, 3.8) is 0 Å². The van der Waals surface area contributed by atoms with E-state index in [2.05, 4.69) is 31.1 Å². The second-order valence-electron chi connectivity index (χ2n) is 6.74. The molecular weight excluding hydrogens is 422 g/mol. The number of aromatic nitrogens is 1. The normalized spacial score (nSPS) is 13.5. The number of nitrogens with zero attached hydrogens (tertiary/aromatic N) is 2. The van der Waals surface area contributed by atoms with Crippen LogP contribution in [0.15, 0.2) is 34.9 Å². The molecule has 6 nitrogen and oxygen atoms in total. The molecule has 2 aromatic rings. The lowest BCUT2D eigenvalue weighted by Gasteiger charge is -2.17. The number of ether oxygens (including phenoxy) is 2. The van der Waals surface area contributed by atoms with Crippen molar-refractivity contribution in [2.75, 3.05) is 31.7 Å². The number of amides is 1. The molecule has 0 unspecified atom stereocenters. The van der Waals surface area contributed by atoms with Gasteiger partial charge >= 0.3 is 0 Å². The summed E-state index contributed by atoms with van der Waals surface area (Å²) in [4.78, 5) is 19.4. The number of hydrogen-bond donors (Lipinski definition) is 1. The highest BCUT2D eigenvalue weighted by molar-refractivity contribution is 9.10. The SMILES string of the molecule is CCCOc1c(Br)cc(C(=O)NCc2ccnc(N3CCCC3)c2)cc1OC. The zero-order valence-corrected chi connectivity index (χ0v) is 17.9. The maximum atomic E-state index is 12.7. The Kier molecular flexibility index (Phi) is 7.14. The second-order valence-corrected chi connectivity index (χ2v) is 7.59. The Morgan fingerprint density at radius 3 is 2.79 bits per heavy atom. The van der Waals surface area contributed by atoms with Crippen LogP contribution < -0.4 is 19.7 Å². The van der Waals surface area contributed by atoms with Crippen molar-refractivity contribution < 1.29 is 14.3 Å². The standard InChI is InChI=1S/C21H26BrN3O3/c1-3-10-28-20-17(22)12-16(13-18(20)27-2)21(26)24-14-15-6-7-23-19(11-15)25-8-4-5-9-25/h6-7,11-13H,3-5,8-10,14H2,1-2H3,(H,24,26). The summed E-state index contributed by atoms with van der Waals surface area (Å²) < 4.78 is 11.8. The summed E-state index contributed by atoms with van der Waals surface area (Å²) >= 11 is 3.48. The molecule has 1 saturated heterocycles. The fraction of sp³-hybridized carbons (Fsp3) is 0.429. The molecule has 0 aliphatic carbocycles. The van der Waals surface area contributed by atoms with E-state index in [1.807, 2.05) is 19.1 Å². The van der Waals surface area contributed by atoms with Crippen LogP contribution in [0.4, 0.5) is 5.82 Å². The first-order valence-corrected chi connectivity index (χ1v) is 10.4. The Morgan fingerprint density at radius 2 is 2.07 bits per heavy atom. The van der Waals surface area contributed by atoms with Gasteiger partial charge in [0.25, 0.3) is 5.91 Å². The summed E-state index contributed by atoms with van der Waals surface area (Å²) in [5, 5.41) is 2.97. The van der Waals surface area contributed by atoms with Crippen LogP contribution in [0.3, 0.4) is 0 Å². The molecule has 1 amide bonds. The molecule has 1 aromatic carbocycles. The number of halogens is 1. The van der Waals surface area contributed by atoms with Gasteiger partial charge in [0.2, 0.25) is 0 Å². The summed E-state index contributed by atoms with van der Waals surface area (Å²) in [6.07, 6.45) is 5.10. The first-order chi connectivity index (χ1) is 13.6. The van der Waals surface area contributed by atoms with Gasteiger partial charge in [-0.3, -0.25) is 4.79 Å². The van der Waals surface area contributed by atoms with E-state index in [-0.39, 0.29) is 5.91 Å². The van der Waals surface area contributed by atoms with Crippen molar-refractivity contribution in [3.05, 3.63) is 46.1 Å². The predicted octanol–water partition coefficient (Wildman–Crippen LogP) is 4.17. The highest BCUT2D eigenvalue weighted by Gasteiger charge is 2.16. The fourth-order valence-corrected chi connectivity index (χ4v) is 3.73. The maximum absolute atomic E-state index is 12.7. The predicted molar refractivity (Wildman–Crippen MR) is 113 cm³/mol. The molecule has 1 aromatic heterocycles. The van der Waals surface area contributed by atoms with E-state index < -0.39 is 0 Å². The Bertz CT molecular complexity index is 823. The molecule has 28 heavy (non-hydrogen) atoms. The van der Waals surface area contributed by atoms with Crippen molar-refractivity contribution in [1.82, 2.24) is 10.3 Å². The summed E-state index contributed by atoms with van der Waals surface area (Å²) in [6.45, 7) is 5.15. The molecule has 1 fully saturated rings. The lowest BCUT2D eigenvalue weighted by molar-refractivity contribution is 0.0950. The Morgan fingerprint density at radius 1 is 1.29 bits per heavy atom. The molecular formula is C21H26BrN3O3. The van der Waals surface area contributed by atoms with Crippen molar-refractivity contribution in [2.24, 2.45) is 0 Å². The third kappa shape index (κ3) is 4.95. The smallest absolute Gasteiger partial charge is 0.251 e. The summed E-state index contributed by atoms with van der Waals surface area (Å²) in [5.74, 6) is 1.96. The average molecular weight is 448 g/mol. The lowest BCUT2D eigenvalue weighted by atomic mass is 10.1. The van der Waals surface area contributed by atoms with Gasteiger partial charge in [0, 0.05) is 31.4 Å². The first kappa shape index (κ1) is 20.5. The Labute approximate surface area is 174 Å². The van der Waals surface area contributed by atoms with Crippen LogP contribution in [-0.2, 0) is 6.54 Å². The molecule has 3 rings (SSSR count). The van der Waals surface area contributed by atoms with Gasteiger partial charge in [0.1, 0.15) is 5.82 Å². The van der Waals surface area contributed by atoms with E-state index in [4.69, 9.17) is 9.47 Å². The van der Waals surface area contributed by atoms with Gasteiger partial charge in [0.05, 0.1) is 18.2 Å². The number of hydrogen-bond acceptors (Lipinski definition) is 5. The minimum atomic E-state index is -0.166. The zero-order valence-electron chi connectivity index (χ0n) is 16.3. The van der Waals surface area contributed by atoms with Crippen molar-refractivity contribution in [3.8, 4) is 11.5 Å². The van der Waals surface area contributed by atoms with Gasteiger partial charge in [-0.05, 0) is 65.0 Å². The molecule has 1 aliphatic heterocycles. The van der Waals surface area contributed by atoms with Gasteiger partial charge in [-0.2, -0.15) is 0 Å². The molecule has 0 atom stereocenters. The van der Waals surface area contributed by atoms with Crippen LogP contribution in [0.5, 0.6) is 11.5 Å². The number of carbonyl (C=O) groups is 1. The maximum Gasteiger partial charge on any atom is 0.251 e. The highest BCUT2D eigenvalue weighted by atomic mass is 79.9. The average Bonchev–Trinajstić information content (AvgIpc) is 3.25. The minimum absolute atomic E-state index is 0.166. The largest absolute Gasteiger partial charge is 0.493 e. The monoisotopic (exact) mass is 447 g/mol. The molecule has 150 valence electrons. The fourth-order valence-electron chi connectivity index (χ4n) is 3.17. The number of carbonyl (C=O) groups excluding carboxylic acids is 1. The van der Waals surface area contributed by atoms with Crippen LogP contribution in [0.25, 0.3) is 0 Å². The van der Waals surface area contributed by atoms with Gasteiger partial charge in [-0.25, -0.2) is 4.98 Å². The van der Waals surface area contributed by atoms with Gasteiger partial charge < -0.3 is 19.7 Å². The molecule has 2 heterocycles.